The van der Waals surface area contributed by atoms with Crippen molar-refractivity contribution in [1.82, 2.24) is 19.6 Å². The van der Waals surface area contributed by atoms with E-state index in [1.54, 1.807) is 18.2 Å². The number of hydrogen-bond donors (Lipinski definition) is 1. The molecule has 0 fully saturated rings. The number of nitrogens with one attached hydrogen (secondary N) is 1. The summed E-state index contributed by atoms with van der Waals surface area (Å²) in [6, 6.07) is 11.1. The second-order valence-corrected chi connectivity index (χ2v) is 8.14. The number of imidazole rings is 1. The Balaban J connectivity index is 1.39. The van der Waals surface area contributed by atoms with Crippen LogP contribution >= 0.6 is 11.3 Å². The number of pyridine rings is 1. The van der Waals surface area contributed by atoms with Gasteiger partial charge in [-0.1, -0.05) is 36.8 Å². The highest BCUT2D eigenvalue weighted by molar-refractivity contribution is 7.15. The Morgan fingerprint density at radius 3 is 2.97 bits per heavy atom. The second-order valence-electron chi connectivity index (χ2n) is 7.08. The summed E-state index contributed by atoms with van der Waals surface area (Å²) in [5.74, 6) is 0.374. The number of carbonyl (C=O) groups excluding carboxylic acids is 1. The number of rotatable bonds is 8. The Morgan fingerprint density at radius 1 is 1.20 bits per heavy atom. The van der Waals surface area contributed by atoms with E-state index < -0.39 is 0 Å². The first-order chi connectivity index (χ1) is 14.6. The molecule has 0 spiro atoms. The van der Waals surface area contributed by atoms with E-state index >= 15 is 0 Å². The Hall–Kier alpha value is -3.26. The average Bonchev–Trinajstić information content (AvgIpc) is 3.36. The third kappa shape index (κ3) is 4.83. The Labute approximate surface area is 178 Å². The van der Waals surface area contributed by atoms with E-state index in [-0.39, 0.29) is 5.91 Å². The molecule has 30 heavy (non-hydrogen) atoms. The van der Waals surface area contributed by atoms with Crippen LogP contribution in [0.25, 0.3) is 5.65 Å². The molecule has 154 valence electrons. The zero-order valence-corrected chi connectivity index (χ0v) is 17.8. The molecule has 4 rings (SSSR count). The number of fused-ring (bicyclic) bond motifs is 1. The average molecular weight is 422 g/mol. The van der Waals surface area contributed by atoms with Crippen molar-refractivity contribution in [1.29, 1.82) is 0 Å². The SMILES string of the molecule is CCCCc1nnc(NC(=O)c2cccc(OCc3cn4cc(C)ccc4n3)c2)s1. The summed E-state index contributed by atoms with van der Waals surface area (Å²) < 4.78 is 7.84. The highest BCUT2D eigenvalue weighted by Crippen LogP contribution is 2.20. The summed E-state index contributed by atoms with van der Waals surface area (Å²) >= 11 is 1.41. The normalized spacial score (nSPS) is 11.0. The lowest BCUT2D eigenvalue weighted by molar-refractivity contribution is 0.102. The zero-order chi connectivity index (χ0) is 20.9. The molecule has 0 aliphatic carbocycles. The number of unbranched alkanes of at least 4 members (excludes halogenated alkanes) is 1. The Kier molecular flexibility index (Phi) is 6.04. The largest absolute Gasteiger partial charge is 0.487 e. The maximum absolute atomic E-state index is 12.6. The summed E-state index contributed by atoms with van der Waals surface area (Å²) in [6.45, 7) is 4.50. The number of aromatic nitrogens is 4. The van der Waals surface area contributed by atoms with Crippen molar-refractivity contribution >= 4 is 28.0 Å². The minimum Gasteiger partial charge on any atom is -0.487 e. The Morgan fingerprint density at radius 2 is 2.10 bits per heavy atom. The molecule has 1 amide bonds. The van der Waals surface area contributed by atoms with Gasteiger partial charge < -0.3 is 9.14 Å². The molecule has 0 aliphatic rings. The first-order valence-corrected chi connectivity index (χ1v) is 10.7. The van der Waals surface area contributed by atoms with Gasteiger partial charge in [-0.15, -0.1) is 10.2 Å². The quantitative estimate of drug-likeness (QED) is 0.447. The summed E-state index contributed by atoms with van der Waals surface area (Å²) in [7, 11) is 0. The van der Waals surface area contributed by atoms with Crippen LogP contribution in [0.2, 0.25) is 0 Å². The maximum atomic E-state index is 12.6. The monoisotopic (exact) mass is 421 g/mol. The Bertz CT molecular complexity index is 1170. The first kappa shape index (κ1) is 20.0. The molecule has 1 aromatic carbocycles. The fourth-order valence-corrected chi connectivity index (χ4v) is 3.79. The number of anilines is 1. The minimum atomic E-state index is -0.234. The van der Waals surface area contributed by atoms with Crippen LogP contribution in [0.1, 0.15) is 46.4 Å². The standard InChI is InChI=1S/C22H23N5O2S/c1-3-4-8-20-25-26-22(30-20)24-21(28)16-6-5-7-18(11-16)29-14-17-13-27-12-15(2)9-10-19(27)23-17/h5-7,9-13H,3-4,8,14H2,1-2H3,(H,24,26,28). The molecule has 0 saturated heterocycles. The van der Waals surface area contributed by atoms with Gasteiger partial charge in [0.15, 0.2) is 0 Å². The highest BCUT2D eigenvalue weighted by atomic mass is 32.1. The molecule has 0 atom stereocenters. The van der Waals surface area contributed by atoms with Crippen molar-refractivity contribution in [2.45, 2.75) is 39.7 Å². The van der Waals surface area contributed by atoms with E-state index in [9.17, 15) is 4.79 Å². The summed E-state index contributed by atoms with van der Waals surface area (Å²) in [6.07, 6.45) is 7.02. The summed E-state index contributed by atoms with van der Waals surface area (Å²) in [4.78, 5) is 17.1. The third-order valence-electron chi connectivity index (χ3n) is 4.56. The number of carbonyl (C=O) groups is 1. The van der Waals surface area contributed by atoms with Gasteiger partial charge in [0.1, 0.15) is 23.0 Å². The number of benzene rings is 1. The highest BCUT2D eigenvalue weighted by Gasteiger charge is 2.11. The van der Waals surface area contributed by atoms with Crippen molar-refractivity contribution in [2.24, 2.45) is 0 Å². The van der Waals surface area contributed by atoms with Crippen LogP contribution in [0.5, 0.6) is 5.75 Å². The fourth-order valence-electron chi connectivity index (χ4n) is 3.01. The molecule has 8 heteroatoms. The van der Waals surface area contributed by atoms with E-state index in [1.807, 2.05) is 41.9 Å². The van der Waals surface area contributed by atoms with Crippen LogP contribution in [0.4, 0.5) is 5.13 Å². The van der Waals surface area contributed by atoms with Gasteiger partial charge in [-0.25, -0.2) is 4.98 Å². The lowest BCUT2D eigenvalue weighted by Crippen LogP contribution is -2.11. The lowest BCUT2D eigenvalue weighted by atomic mass is 10.2. The van der Waals surface area contributed by atoms with Crippen LogP contribution in [0, 0.1) is 6.92 Å². The van der Waals surface area contributed by atoms with E-state index in [4.69, 9.17) is 4.74 Å². The van der Waals surface area contributed by atoms with Gasteiger partial charge in [-0.3, -0.25) is 10.1 Å². The van der Waals surface area contributed by atoms with Gasteiger partial charge in [-0.2, -0.15) is 0 Å². The molecular formula is C22H23N5O2S. The molecule has 0 unspecified atom stereocenters. The van der Waals surface area contributed by atoms with Gasteiger partial charge in [0.25, 0.3) is 5.91 Å². The number of aryl methyl sites for hydroxylation is 2. The van der Waals surface area contributed by atoms with Crippen molar-refractivity contribution in [3.05, 3.63) is 70.6 Å². The molecule has 0 bridgehead atoms. The van der Waals surface area contributed by atoms with Crippen LogP contribution < -0.4 is 10.1 Å². The van der Waals surface area contributed by atoms with Crippen molar-refractivity contribution in [2.75, 3.05) is 5.32 Å². The van der Waals surface area contributed by atoms with Crippen LogP contribution in [-0.4, -0.2) is 25.5 Å². The number of ether oxygens (including phenoxy) is 1. The third-order valence-corrected chi connectivity index (χ3v) is 5.46. The van der Waals surface area contributed by atoms with Crippen LogP contribution in [-0.2, 0) is 13.0 Å². The van der Waals surface area contributed by atoms with Crippen molar-refractivity contribution < 1.29 is 9.53 Å². The predicted octanol–water partition coefficient (Wildman–Crippen LogP) is 4.67. The molecule has 0 saturated carbocycles. The molecular weight excluding hydrogens is 398 g/mol. The van der Waals surface area contributed by atoms with E-state index in [0.29, 0.717) is 23.1 Å². The maximum Gasteiger partial charge on any atom is 0.257 e. The summed E-state index contributed by atoms with van der Waals surface area (Å²) in [5, 5.41) is 12.4. The number of hydrogen-bond acceptors (Lipinski definition) is 6. The molecule has 0 radical (unpaired) electrons. The minimum absolute atomic E-state index is 0.234. The van der Waals surface area contributed by atoms with Crippen molar-refractivity contribution in [3.8, 4) is 5.75 Å². The molecule has 4 aromatic rings. The van der Waals surface area contributed by atoms with Crippen LogP contribution in [0.15, 0.2) is 48.8 Å². The van der Waals surface area contributed by atoms with E-state index in [2.05, 4.69) is 27.4 Å². The zero-order valence-electron chi connectivity index (χ0n) is 17.0. The number of nitrogens with zero attached hydrogens (tertiary/aromatic N) is 4. The molecule has 7 nitrogen and oxygen atoms in total. The summed E-state index contributed by atoms with van der Waals surface area (Å²) in [5.41, 5.74) is 3.37. The molecule has 3 heterocycles. The van der Waals surface area contributed by atoms with E-state index in [0.717, 1.165) is 35.6 Å². The fraction of sp³-hybridized carbons (Fsp3) is 0.273. The van der Waals surface area contributed by atoms with Crippen molar-refractivity contribution in [3.63, 3.8) is 0 Å². The topological polar surface area (TPSA) is 81.4 Å². The predicted molar refractivity (Wildman–Crippen MR) is 117 cm³/mol. The van der Waals surface area contributed by atoms with E-state index in [1.165, 1.54) is 16.9 Å². The first-order valence-electron chi connectivity index (χ1n) is 9.91. The molecule has 1 N–H and O–H groups in total. The van der Waals surface area contributed by atoms with Gasteiger partial charge >= 0.3 is 0 Å². The van der Waals surface area contributed by atoms with Crippen LogP contribution in [0.3, 0.4) is 0 Å². The molecule has 0 aliphatic heterocycles. The molecule has 3 aromatic heterocycles. The second kappa shape index (κ2) is 9.04. The smallest absolute Gasteiger partial charge is 0.257 e. The van der Waals surface area contributed by atoms with Gasteiger partial charge in [0.05, 0.1) is 5.69 Å². The lowest BCUT2D eigenvalue weighted by Gasteiger charge is -2.06. The van der Waals surface area contributed by atoms with Gasteiger partial charge in [0, 0.05) is 24.4 Å². The van der Waals surface area contributed by atoms with Gasteiger partial charge in [-0.05, 0) is 43.2 Å². The number of amides is 1. The van der Waals surface area contributed by atoms with Gasteiger partial charge in [0.2, 0.25) is 5.13 Å².